The van der Waals surface area contributed by atoms with Crippen LogP contribution in [0, 0.1) is 0 Å². The highest BCUT2D eigenvalue weighted by Gasteiger charge is 2.21. The SMILES string of the molecule is C(=C\c1cc(-c2ccc3c(c2)OCO3)c(-c2ccc3c(c2)OCO3)o1)/Cc1ccccc1. The Bertz CT molecular complexity index is 1230. The van der Waals surface area contributed by atoms with E-state index in [0.717, 1.165) is 57.6 Å². The Morgan fingerprint density at radius 1 is 0.656 bits per heavy atom. The molecule has 0 radical (unpaired) electrons. The summed E-state index contributed by atoms with van der Waals surface area (Å²) in [5.41, 5.74) is 4.14. The van der Waals surface area contributed by atoms with Gasteiger partial charge in [0.1, 0.15) is 11.5 Å². The average molecular weight is 424 g/mol. The molecule has 4 aromatic rings. The summed E-state index contributed by atoms with van der Waals surface area (Å²) >= 11 is 0. The van der Waals surface area contributed by atoms with Crippen LogP contribution < -0.4 is 18.9 Å². The smallest absolute Gasteiger partial charge is 0.231 e. The van der Waals surface area contributed by atoms with Gasteiger partial charge in [0.15, 0.2) is 23.0 Å². The van der Waals surface area contributed by atoms with E-state index in [0.29, 0.717) is 0 Å². The first-order chi connectivity index (χ1) is 15.8. The number of furan rings is 1. The van der Waals surface area contributed by atoms with Crippen molar-refractivity contribution in [2.75, 3.05) is 13.6 Å². The molecule has 0 spiro atoms. The molecular weight excluding hydrogens is 404 g/mol. The van der Waals surface area contributed by atoms with E-state index >= 15 is 0 Å². The molecule has 2 aliphatic heterocycles. The van der Waals surface area contributed by atoms with Gasteiger partial charge in [0, 0.05) is 11.1 Å². The molecule has 0 saturated carbocycles. The minimum atomic E-state index is 0.236. The lowest BCUT2D eigenvalue weighted by Crippen LogP contribution is -1.92. The first kappa shape index (κ1) is 18.6. The van der Waals surface area contributed by atoms with Crippen molar-refractivity contribution in [1.29, 1.82) is 0 Å². The second-order valence-corrected chi connectivity index (χ2v) is 7.62. The third-order valence-electron chi connectivity index (χ3n) is 5.55. The zero-order chi connectivity index (χ0) is 21.3. The summed E-state index contributed by atoms with van der Waals surface area (Å²) in [6.07, 6.45) is 4.96. The second-order valence-electron chi connectivity index (χ2n) is 7.62. The molecule has 0 N–H and O–H groups in total. The number of hydrogen-bond donors (Lipinski definition) is 0. The molecule has 0 saturated heterocycles. The lowest BCUT2D eigenvalue weighted by atomic mass is 10.0. The predicted molar refractivity (Wildman–Crippen MR) is 121 cm³/mol. The Hall–Kier alpha value is -4.12. The Morgan fingerprint density at radius 2 is 1.31 bits per heavy atom. The highest BCUT2D eigenvalue weighted by atomic mass is 16.7. The Kier molecular flexibility index (Phi) is 4.57. The number of hydrogen-bond acceptors (Lipinski definition) is 5. The predicted octanol–water partition coefficient (Wildman–Crippen LogP) is 6.33. The van der Waals surface area contributed by atoms with Gasteiger partial charge in [0.25, 0.3) is 0 Å². The first-order valence-corrected chi connectivity index (χ1v) is 10.5. The molecule has 3 aromatic carbocycles. The largest absolute Gasteiger partial charge is 0.456 e. The molecule has 5 nitrogen and oxygen atoms in total. The number of rotatable bonds is 5. The van der Waals surface area contributed by atoms with E-state index in [1.807, 2.05) is 60.7 Å². The fraction of sp³-hybridized carbons (Fsp3) is 0.111. The van der Waals surface area contributed by atoms with Gasteiger partial charge in [-0.3, -0.25) is 0 Å². The van der Waals surface area contributed by atoms with Crippen LogP contribution in [0.2, 0.25) is 0 Å². The van der Waals surface area contributed by atoms with Crippen LogP contribution in [0.25, 0.3) is 28.5 Å². The highest BCUT2D eigenvalue weighted by Crippen LogP contribution is 2.43. The highest BCUT2D eigenvalue weighted by molar-refractivity contribution is 5.83. The molecule has 0 atom stereocenters. The maximum absolute atomic E-state index is 6.32. The van der Waals surface area contributed by atoms with Crippen molar-refractivity contribution in [3.05, 3.63) is 90.2 Å². The van der Waals surface area contributed by atoms with Gasteiger partial charge >= 0.3 is 0 Å². The summed E-state index contributed by atoms with van der Waals surface area (Å²) < 4.78 is 28.4. The molecule has 158 valence electrons. The van der Waals surface area contributed by atoms with E-state index in [1.54, 1.807) is 0 Å². The van der Waals surface area contributed by atoms with Crippen LogP contribution in [0.1, 0.15) is 11.3 Å². The van der Waals surface area contributed by atoms with E-state index in [-0.39, 0.29) is 13.6 Å². The molecule has 0 unspecified atom stereocenters. The fourth-order valence-electron chi connectivity index (χ4n) is 3.95. The van der Waals surface area contributed by atoms with Gasteiger partial charge in [-0.1, -0.05) is 42.5 Å². The van der Waals surface area contributed by atoms with Crippen molar-refractivity contribution in [2.45, 2.75) is 6.42 Å². The summed E-state index contributed by atoms with van der Waals surface area (Å²) in [7, 11) is 0. The maximum Gasteiger partial charge on any atom is 0.231 e. The van der Waals surface area contributed by atoms with Crippen LogP contribution in [0.15, 0.2) is 83.3 Å². The quantitative estimate of drug-likeness (QED) is 0.375. The van der Waals surface area contributed by atoms with E-state index in [2.05, 4.69) is 24.3 Å². The minimum Gasteiger partial charge on any atom is -0.456 e. The summed E-state index contributed by atoms with van der Waals surface area (Å²) in [6.45, 7) is 0.478. The van der Waals surface area contributed by atoms with Gasteiger partial charge in [0.05, 0.1) is 0 Å². The molecule has 0 fully saturated rings. The van der Waals surface area contributed by atoms with Gasteiger partial charge in [0.2, 0.25) is 13.6 Å². The van der Waals surface area contributed by atoms with Gasteiger partial charge in [-0.2, -0.15) is 0 Å². The molecular formula is C27H20O5. The minimum absolute atomic E-state index is 0.236. The standard InChI is InChI=1S/C27H20O5/c1-2-5-18(6-3-1)7-4-8-21-15-22(19-9-11-23-25(13-19)30-16-28-23)27(32-21)20-10-12-24-26(14-20)31-17-29-24/h1-6,8-15H,7,16-17H2/b8-4+. The molecule has 2 aliphatic rings. The molecule has 32 heavy (non-hydrogen) atoms. The van der Waals surface area contributed by atoms with E-state index in [9.17, 15) is 0 Å². The van der Waals surface area contributed by atoms with Crippen LogP contribution in [0.4, 0.5) is 0 Å². The normalized spacial score (nSPS) is 13.8. The molecule has 3 heterocycles. The van der Waals surface area contributed by atoms with E-state index in [1.165, 1.54) is 5.56 Å². The van der Waals surface area contributed by atoms with Gasteiger partial charge in [-0.15, -0.1) is 0 Å². The van der Waals surface area contributed by atoms with Crippen molar-refractivity contribution in [3.8, 4) is 45.4 Å². The number of allylic oxidation sites excluding steroid dienone is 1. The average Bonchev–Trinajstić information content (AvgIpc) is 3.58. The van der Waals surface area contributed by atoms with E-state index in [4.69, 9.17) is 23.4 Å². The maximum atomic E-state index is 6.32. The summed E-state index contributed by atoms with van der Waals surface area (Å²) in [4.78, 5) is 0. The van der Waals surface area contributed by atoms with Crippen LogP contribution in [-0.4, -0.2) is 13.6 Å². The number of benzene rings is 3. The molecule has 0 bridgehead atoms. The van der Waals surface area contributed by atoms with Crippen molar-refractivity contribution in [1.82, 2.24) is 0 Å². The van der Waals surface area contributed by atoms with Gasteiger partial charge < -0.3 is 23.4 Å². The van der Waals surface area contributed by atoms with Crippen LogP contribution in [-0.2, 0) is 6.42 Å². The second kappa shape index (κ2) is 7.85. The Labute approximate surface area is 185 Å². The lowest BCUT2D eigenvalue weighted by Gasteiger charge is -2.05. The molecule has 5 heteroatoms. The van der Waals surface area contributed by atoms with Crippen molar-refractivity contribution < 1.29 is 23.4 Å². The summed E-state index contributed by atoms with van der Waals surface area (Å²) in [6, 6.07) is 24.2. The lowest BCUT2D eigenvalue weighted by molar-refractivity contribution is 0.173. The van der Waals surface area contributed by atoms with Gasteiger partial charge in [-0.25, -0.2) is 0 Å². The molecule has 0 amide bonds. The Balaban J connectivity index is 1.39. The van der Waals surface area contributed by atoms with Crippen molar-refractivity contribution >= 4 is 6.08 Å². The van der Waals surface area contributed by atoms with Crippen LogP contribution in [0.3, 0.4) is 0 Å². The zero-order valence-electron chi connectivity index (χ0n) is 17.2. The zero-order valence-corrected chi connectivity index (χ0v) is 17.2. The topological polar surface area (TPSA) is 50.1 Å². The summed E-state index contributed by atoms with van der Waals surface area (Å²) in [5.74, 6) is 4.50. The van der Waals surface area contributed by atoms with Crippen LogP contribution in [0.5, 0.6) is 23.0 Å². The third kappa shape index (κ3) is 3.48. The number of fused-ring (bicyclic) bond motifs is 2. The summed E-state index contributed by atoms with van der Waals surface area (Å²) in [5, 5.41) is 0. The third-order valence-corrected chi connectivity index (χ3v) is 5.55. The monoisotopic (exact) mass is 424 g/mol. The van der Waals surface area contributed by atoms with Crippen LogP contribution >= 0.6 is 0 Å². The first-order valence-electron chi connectivity index (χ1n) is 10.5. The molecule has 1 aromatic heterocycles. The Morgan fingerprint density at radius 3 is 2.06 bits per heavy atom. The fourth-order valence-corrected chi connectivity index (χ4v) is 3.95. The van der Waals surface area contributed by atoms with E-state index < -0.39 is 0 Å². The van der Waals surface area contributed by atoms with Gasteiger partial charge in [-0.05, 0) is 60.0 Å². The number of ether oxygens (including phenoxy) is 4. The van der Waals surface area contributed by atoms with Crippen molar-refractivity contribution in [3.63, 3.8) is 0 Å². The molecule has 0 aliphatic carbocycles. The van der Waals surface area contributed by atoms with Crippen molar-refractivity contribution in [2.24, 2.45) is 0 Å². The molecule has 6 rings (SSSR count).